The number of aryl methyl sites for hydroxylation is 1. The molecule has 1 aromatic carbocycles. The van der Waals surface area contributed by atoms with Crippen LogP contribution in [0.2, 0.25) is 0 Å². The molecule has 1 rings (SSSR count). The number of halogens is 3. The third kappa shape index (κ3) is 3.15. The van der Waals surface area contributed by atoms with Gasteiger partial charge in [0, 0.05) is 5.33 Å². The van der Waals surface area contributed by atoms with E-state index in [1.807, 2.05) is 0 Å². The van der Waals surface area contributed by atoms with Crippen LogP contribution in [0.3, 0.4) is 0 Å². The van der Waals surface area contributed by atoms with E-state index in [4.69, 9.17) is 0 Å². The molecule has 0 bridgehead atoms. The summed E-state index contributed by atoms with van der Waals surface area (Å²) in [4.78, 5) is 11.6. The first-order valence-electron chi connectivity index (χ1n) is 4.72. The summed E-state index contributed by atoms with van der Waals surface area (Å²) in [5.74, 6) is -0.870. The number of methoxy groups -OCH3 is 1. The number of rotatable bonds is 4. The van der Waals surface area contributed by atoms with Crippen molar-refractivity contribution in [1.29, 1.82) is 0 Å². The second-order valence-corrected chi connectivity index (χ2v) is 3.80. The van der Waals surface area contributed by atoms with Crippen LogP contribution in [0.1, 0.15) is 21.5 Å². The molecule has 0 saturated carbocycles. The number of esters is 1. The van der Waals surface area contributed by atoms with Gasteiger partial charge < -0.3 is 9.47 Å². The summed E-state index contributed by atoms with van der Waals surface area (Å²) < 4.78 is 33.3. The molecule has 0 radical (unpaired) electrons. The van der Waals surface area contributed by atoms with Gasteiger partial charge in [0.05, 0.1) is 7.11 Å². The van der Waals surface area contributed by atoms with Gasteiger partial charge in [-0.2, -0.15) is 8.78 Å². The lowest BCUT2D eigenvalue weighted by molar-refractivity contribution is -0.0504. The van der Waals surface area contributed by atoms with E-state index in [9.17, 15) is 13.6 Å². The van der Waals surface area contributed by atoms with Gasteiger partial charge in [-0.25, -0.2) is 4.79 Å². The van der Waals surface area contributed by atoms with Crippen molar-refractivity contribution in [3.63, 3.8) is 0 Å². The maximum atomic E-state index is 12.2. The zero-order valence-corrected chi connectivity index (χ0v) is 10.9. The van der Waals surface area contributed by atoms with Crippen LogP contribution >= 0.6 is 15.9 Å². The summed E-state index contributed by atoms with van der Waals surface area (Å²) in [6.45, 7) is -1.21. The predicted octanol–water partition coefficient (Wildman–Crippen LogP) is 3.28. The molecule has 0 atom stereocenters. The van der Waals surface area contributed by atoms with Gasteiger partial charge in [0.2, 0.25) is 0 Å². The van der Waals surface area contributed by atoms with Crippen molar-refractivity contribution in [2.75, 3.05) is 7.11 Å². The van der Waals surface area contributed by atoms with Crippen LogP contribution in [0.4, 0.5) is 8.78 Å². The molecule has 0 heterocycles. The lowest BCUT2D eigenvalue weighted by atomic mass is 10.0. The summed E-state index contributed by atoms with van der Waals surface area (Å²) in [6, 6.07) is 2.95. The molecule has 0 unspecified atom stereocenters. The van der Waals surface area contributed by atoms with E-state index >= 15 is 0 Å². The van der Waals surface area contributed by atoms with E-state index < -0.39 is 12.6 Å². The molecule has 0 N–H and O–H groups in total. The van der Waals surface area contributed by atoms with Gasteiger partial charge in [0.1, 0.15) is 11.3 Å². The average Bonchev–Trinajstić information content (AvgIpc) is 2.29. The zero-order chi connectivity index (χ0) is 13.0. The molecule has 0 aromatic heterocycles. The number of hydrogen-bond acceptors (Lipinski definition) is 3. The Hall–Kier alpha value is -1.17. The average molecular weight is 309 g/mol. The Bertz CT molecular complexity index is 421. The smallest absolute Gasteiger partial charge is 0.387 e. The number of carbonyl (C=O) groups is 1. The van der Waals surface area contributed by atoms with Gasteiger partial charge in [0.15, 0.2) is 0 Å². The van der Waals surface area contributed by atoms with Crippen LogP contribution < -0.4 is 4.74 Å². The van der Waals surface area contributed by atoms with Crippen molar-refractivity contribution in [3.05, 3.63) is 28.8 Å². The van der Waals surface area contributed by atoms with Gasteiger partial charge in [-0.05, 0) is 24.1 Å². The van der Waals surface area contributed by atoms with Crippen LogP contribution in [0, 0.1) is 6.92 Å². The highest BCUT2D eigenvalue weighted by molar-refractivity contribution is 9.08. The lowest BCUT2D eigenvalue weighted by Gasteiger charge is -2.14. The van der Waals surface area contributed by atoms with Crippen LogP contribution in [-0.2, 0) is 10.1 Å². The van der Waals surface area contributed by atoms with Crippen molar-refractivity contribution >= 4 is 21.9 Å². The Morgan fingerprint density at radius 1 is 1.47 bits per heavy atom. The molecule has 0 saturated heterocycles. The largest absolute Gasteiger partial charge is 0.465 e. The van der Waals surface area contributed by atoms with Crippen molar-refractivity contribution in [1.82, 2.24) is 0 Å². The molecule has 0 aliphatic carbocycles. The quantitative estimate of drug-likeness (QED) is 0.632. The molecule has 0 aliphatic heterocycles. The Labute approximate surface area is 106 Å². The lowest BCUT2D eigenvalue weighted by Crippen LogP contribution is -2.12. The molecular formula is C11H11BrF2O3. The first-order chi connectivity index (χ1) is 8.01. The minimum Gasteiger partial charge on any atom is -0.465 e. The van der Waals surface area contributed by atoms with Crippen LogP contribution in [0.15, 0.2) is 12.1 Å². The van der Waals surface area contributed by atoms with Gasteiger partial charge in [-0.1, -0.05) is 22.0 Å². The van der Waals surface area contributed by atoms with Crippen LogP contribution in [0.25, 0.3) is 0 Å². The number of alkyl halides is 3. The fourth-order valence-corrected chi connectivity index (χ4v) is 2.15. The van der Waals surface area contributed by atoms with E-state index in [0.717, 1.165) is 5.56 Å². The molecule has 0 aliphatic rings. The molecule has 0 spiro atoms. The minimum atomic E-state index is -2.98. The molecule has 0 fully saturated rings. The van der Waals surface area contributed by atoms with Gasteiger partial charge in [-0.15, -0.1) is 0 Å². The van der Waals surface area contributed by atoms with Crippen molar-refractivity contribution in [3.8, 4) is 5.75 Å². The van der Waals surface area contributed by atoms with E-state index in [1.54, 1.807) is 13.0 Å². The summed E-state index contributed by atoms with van der Waals surface area (Å²) in [6.07, 6.45) is 0. The van der Waals surface area contributed by atoms with Gasteiger partial charge >= 0.3 is 12.6 Å². The summed E-state index contributed by atoms with van der Waals surface area (Å²) in [5.41, 5.74) is 1.41. The third-order valence-corrected chi connectivity index (χ3v) is 2.81. The molecule has 6 heteroatoms. The minimum absolute atomic E-state index is 0.0321. The normalized spacial score (nSPS) is 10.5. The highest BCUT2D eigenvalue weighted by Crippen LogP contribution is 2.29. The van der Waals surface area contributed by atoms with Crippen LogP contribution in [-0.4, -0.2) is 19.7 Å². The first kappa shape index (κ1) is 13.9. The topological polar surface area (TPSA) is 35.5 Å². The zero-order valence-electron chi connectivity index (χ0n) is 9.30. The summed E-state index contributed by atoms with van der Waals surface area (Å²) in [7, 11) is 1.19. The monoisotopic (exact) mass is 308 g/mol. The SMILES string of the molecule is COC(=O)c1c(OC(F)F)ccc(C)c1CBr. The fraction of sp³-hybridized carbons (Fsp3) is 0.364. The number of hydrogen-bond donors (Lipinski definition) is 0. The summed E-state index contributed by atoms with van der Waals surface area (Å²) >= 11 is 3.21. The van der Waals surface area contributed by atoms with Crippen molar-refractivity contribution < 1.29 is 23.0 Å². The second-order valence-electron chi connectivity index (χ2n) is 3.24. The van der Waals surface area contributed by atoms with Crippen molar-refractivity contribution in [2.45, 2.75) is 18.9 Å². The first-order valence-corrected chi connectivity index (χ1v) is 5.85. The molecule has 17 heavy (non-hydrogen) atoms. The van der Waals surface area contributed by atoms with E-state index in [0.29, 0.717) is 10.9 Å². The van der Waals surface area contributed by atoms with Gasteiger partial charge in [0.25, 0.3) is 0 Å². The van der Waals surface area contributed by atoms with Crippen LogP contribution in [0.5, 0.6) is 5.75 Å². The van der Waals surface area contributed by atoms with Crippen molar-refractivity contribution in [2.24, 2.45) is 0 Å². The molecule has 0 amide bonds. The summed E-state index contributed by atoms with van der Waals surface area (Å²) in [5, 5.41) is 0.351. The molecule has 94 valence electrons. The van der Waals surface area contributed by atoms with E-state index in [-0.39, 0.29) is 11.3 Å². The maximum Gasteiger partial charge on any atom is 0.387 e. The fourth-order valence-electron chi connectivity index (χ4n) is 1.42. The standard InChI is InChI=1S/C11H11BrF2O3/c1-6-3-4-8(17-11(13)14)9(7(6)5-12)10(15)16-2/h3-4,11H,5H2,1-2H3. The Morgan fingerprint density at radius 2 is 2.12 bits per heavy atom. The number of carbonyl (C=O) groups excluding carboxylic acids is 1. The predicted molar refractivity (Wildman–Crippen MR) is 61.8 cm³/mol. The molecule has 3 nitrogen and oxygen atoms in total. The van der Waals surface area contributed by atoms with Gasteiger partial charge in [-0.3, -0.25) is 0 Å². The number of benzene rings is 1. The molecule has 1 aromatic rings. The van der Waals surface area contributed by atoms with E-state index in [2.05, 4.69) is 25.4 Å². The Kier molecular flexibility index (Phi) is 4.86. The maximum absolute atomic E-state index is 12.2. The molecular weight excluding hydrogens is 298 g/mol. The Balaban J connectivity index is 3.34. The highest BCUT2D eigenvalue weighted by Gasteiger charge is 2.21. The Morgan fingerprint density at radius 3 is 2.59 bits per heavy atom. The van der Waals surface area contributed by atoms with E-state index in [1.165, 1.54) is 13.2 Å². The third-order valence-electron chi connectivity index (χ3n) is 2.25. The highest BCUT2D eigenvalue weighted by atomic mass is 79.9. The number of ether oxygens (including phenoxy) is 2. The second kappa shape index (κ2) is 5.95.